The highest BCUT2D eigenvalue weighted by atomic mass is 16.5. The number of methoxy groups -OCH3 is 1. The van der Waals surface area contributed by atoms with Gasteiger partial charge in [-0.25, -0.2) is 0 Å². The van der Waals surface area contributed by atoms with Crippen LogP contribution < -0.4 is 5.32 Å². The number of rotatable bonds is 6. The van der Waals surface area contributed by atoms with E-state index in [0.717, 1.165) is 19.7 Å². The molecular formula is C13H29N3O. The van der Waals surface area contributed by atoms with Crippen molar-refractivity contribution in [1.29, 1.82) is 0 Å². The summed E-state index contributed by atoms with van der Waals surface area (Å²) >= 11 is 0. The molecule has 2 atom stereocenters. The Morgan fingerprint density at radius 2 is 2.00 bits per heavy atom. The van der Waals surface area contributed by atoms with Crippen LogP contribution in [-0.2, 0) is 4.74 Å². The minimum absolute atomic E-state index is 0.459. The van der Waals surface area contributed by atoms with Crippen LogP contribution in [0.2, 0.25) is 0 Å². The number of likely N-dealkylation sites (N-methyl/N-ethyl adjacent to an activating group) is 2. The summed E-state index contributed by atoms with van der Waals surface area (Å²) in [4.78, 5) is 4.87. The zero-order valence-corrected chi connectivity index (χ0v) is 12.1. The number of nitrogens with one attached hydrogen (secondary N) is 1. The molecule has 0 amide bonds. The first-order valence-corrected chi connectivity index (χ1v) is 6.65. The molecule has 0 aliphatic carbocycles. The smallest absolute Gasteiger partial charge is 0.0618 e. The Labute approximate surface area is 106 Å². The van der Waals surface area contributed by atoms with Gasteiger partial charge in [-0.3, -0.25) is 4.90 Å². The summed E-state index contributed by atoms with van der Waals surface area (Å²) < 4.78 is 5.27. The van der Waals surface area contributed by atoms with Gasteiger partial charge in [0.15, 0.2) is 0 Å². The maximum Gasteiger partial charge on any atom is 0.0618 e. The van der Waals surface area contributed by atoms with E-state index in [-0.39, 0.29) is 0 Å². The van der Waals surface area contributed by atoms with E-state index >= 15 is 0 Å². The molecule has 0 spiro atoms. The lowest BCUT2D eigenvalue weighted by Gasteiger charge is -2.38. The van der Waals surface area contributed by atoms with Crippen molar-refractivity contribution in [2.75, 3.05) is 54.0 Å². The normalized spacial score (nSPS) is 25.4. The van der Waals surface area contributed by atoms with Crippen LogP contribution in [0.4, 0.5) is 0 Å². The zero-order chi connectivity index (χ0) is 12.8. The van der Waals surface area contributed by atoms with Crippen LogP contribution in [0.25, 0.3) is 0 Å². The summed E-state index contributed by atoms with van der Waals surface area (Å²) in [5.74, 6) is 0.613. The third-order valence-electron chi connectivity index (χ3n) is 3.75. The fourth-order valence-electron chi connectivity index (χ4n) is 2.28. The average molecular weight is 243 g/mol. The summed E-state index contributed by atoms with van der Waals surface area (Å²) in [6, 6.07) is 1.08. The summed E-state index contributed by atoms with van der Waals surface area (Å²) in [5.41, 5.74) is 0. The highest BCUT2D eigenvalue weighted by Crippen LogP contribution is 2.07. The molecular weight excluding hydrogens is 214 g/mol. The van der Waals surface area contributed by atoms with Gasteiger partial charge in [-0.05, 0) is 20.0 Å². The topological polar surface area (TPSA) is 27.7 Å². The lowest BCUT2D eigenvalue weighted by Crippen LogP contribution is -2.55. The van der Waals surface area contributed by atoms with Crippen molar-refractivity contribution in [3.63, 3.8) is 0 Å². The SMILES string of the molecule is COCC(NCC1CN(C)CCN1C)C(C)C. The van der Waals surface area contributed by atoms with Gasteiger partial charge in [-0.2, -0.15) is 0 Å². The third kappa shape index (κ3) is 4.92. The minimum atomic E-state index is 0.459. The van der Waals surface area contributed by atoms with Crippen LogP contribution in [0.5, 0.6) is 0 Å². The predicted molar refractivity (Wildman–Crippen MR) is 72.4 cm³/mol. The van der Waals surface area contributed by atoms with E-state index in [9.17, 15) is 0 Å². The van der Waals surface area contributed by atoms with Crippen molar-refractivity contribution in [2.24, 2.45) is 5.92 Å². The predicted octanol–water partition coefficient (Wildman–Crippen LogP) is 0.493. The third-order valence-corrected chi connectivity index (χ3v) is 3.75. The molecule has 0 bridgehead atoms. The quantitative estimate of drug-likeness (QED) is 0.735. The van der Waals surface area contributed by atoms with E-state index in [2.05, 4.69) is 43.1 Å². The van der Waals surface area contributed by atoms with Crippen molar-refractivity contribution in [3.05, 3.63) is 0 Å². The molecule has 0 aromatic rings. The molecule has 102 valence electrons. The molecule has 1 heterocycles. The van der Waals surface area contributed by atoms with Crippen LogP contribution in [0.3, 0.4) is 0 Å². The standard InChI is InChI=1S/C13H29N3O/c1-11(2)13(10-17-5)14-8-12-9-15(3)6-7-16(12)4/h11-14H,6-10H2,1-5H3. The summed E-state index contributed by atoms with van der Waals surface area (Å²) in [6.07, 6.45) is 0. The summed E-state index contributed by atoms with van der Waals surface area (Å²) in [7, 11) is 6.20. The second kappa shape index (κ2) is 7.31. The molecule has 0 aromatic heterocycles. The summed E-state index contributed by atoms with van der Waals surface area (Å²) in [6.45, 7) is 9.83. The van der Waals surface area contributed by atoms with Crippen LogP contribution in [0, 0.1) is 5.92 Å². The number of hydrogen-bond donors (Lipinski definition) is 1. The number of piperazine rings is 1. The Morgan fingerprint density at radius 3 is 2.59 bits per heavy atom. The van der Waals surface area contributed by atoms with Crippen molar-refractivity contribution in [2.45, 2.75) is 25.9 Å². The van der Waals surface area contributed by atoms with Gasteiger partial charge in [0.1, 0.15) is 0 Å². The lowest BCUT2D eigenvalue weighted by atomic mass is 10.0. The van der Waals surface area contributed by atoms with E-state index in [1.54, 1.807) is 7.11 Å². The minimum Gasteiger partial charge on any atom is -0.383 e. The van der Waals surface area contributed by atoms with Crippen molar-refractivity contribution >= 4 is 0 Å². The maximum atomic E-state index is 5.27. The maximum absolute atomic E-state index is 5.27. The van der Waals surface area contributed by atoms with Gasteiger partial charge in [0.05, 0.1) is 6.61 Å². The molecule has 0 aromatic carbocycles. The Balaban J connectivity index is 2.36. The van der Waals surface area contributed by atoms with Gasteiger partial charge in [0, 0.05) is 45.4 Å². The van der Waals surface area contributed by atoms with Crippen molar-refractivity contribution in [1.82, 2.24) is 15.1 Å². The van der Waals surface area contributed by atoms with E-state index in [4.69, 9.17) is 4.74 Å². The van der Waals surface area contributed by atoms with Gasteiger partial charge < -0.3 is 15.0 Å². The monoisotopic (exact) mass is 243 g/mol. The fraction of sp³-hybridized carbons (Fsp3) is 1.00. The van der Waals surface area contributed by atoms with E-state index in [1.165, 1.54) is 13.1 Å². The molecule has 1 fully saturated rings. The van der Waals surface area contributed by atoms with E-state index < -0.39 is 0 Å². The van der Waals surface area contributed by atoms with Gasteiger partial charge in [0.2, 0.25) is 0 Å². The Kier molecular flexibility index (Phi) is 6.41. The largest absolute Gasteiger partial charge is 0.383 e. The average Bonchev–Trinajstić information content (AvgIpc) is 2.28. The van der Waals surface area contributed by atoms with Crippen LogP contribution in [0.15, 0.2) is 0 Å². The Morgan fingerprint density at radius 1 is 1.29 bits per heavy atom. The molecule has 1 N–H and O–H groups in total. The first-order valence-electron chi connectivity index (χ1n) is 6.65. The first kappa shape index (κ1) is 14.9. The van der Waals surface area contributed by atoms with Gasteiger partial charge in [-0.1, -0.05) is 13.8 Å². The molecule has 0 saturated carbocycles. The van der Waals surface area contributed by atoms with Crippen molar-refractivity contribution in [3.8, 4) is 0 Å². The highest BCUT2D eigenvalue weighted by molar-refractivity contribution is 4.82. The van der Waals surface area contributed by atoms with Gasteiger partial charge in [-0.15, -0.1) is 0 Å². The molecule has 1 aliphatic heterocycles. The van der Waals surface area contributed by atoms with E-state index in [0.29, 0.717) is 18.0 Å². The molecule has 0 radical (unpaired) electrons. The molecule has 2 unspecified atom stereocenters. The fourth-order valence-corrected chi connectivity index (χ4v) is 2.28. The number of ether oxygens (including phenoxy) is 1. The van der Waals surface area contributed by atoms with Gasteiger partial charge >= 0.3 is 0 Å². The Hall–Kier alpha value is -0.160. The molecule has 4 nitrogen and oxygen atoms in total. The zero-order valence-electron chi connectivity index (χ0n) is 12.1. The number of hydrogen-bond acceptors (Lipinski definition) is 4. The molecule has 1 saturated heterocycles. The van der Waals surface area contributed by atoms with Crippen LogP contribution in [0.1, 0.15) is 13.8 Å². The van der Waals surface area contributed by atoms with Crippen LogP contribution >= 0.6 is 0 Å². The number of nitrogens with zero attached hydrogens (tertiary/aromatic N) is 2. The highest BCUT2D eigenvalue weighted by Gasteiger charge is 2.23. The lowest BCUT2D eigenvalue weighted by molar-refractivity contribution is 0.0988. The molecule has 1 aliphatic rings. The molecule has 1 rings (SSSR count). The first-order chi connectivity index (χ1) is 8.04. The summed E-state index contributed by atoms with van der Waals surface area (Å²) in [5, 5.41) is 3.65. The Bertz CT molecular complexity index is 211. The second-order valence-corrected chi connectivity index (χ2v) is 5.61. The van der Waals surface area contributed by atoms with E-state index in [1.807, 2.05) is 0 Å². The van der Waals surface area contributed by atoms with Crippen molar-refractivity contribution < 1.29 is 4.74 Å². The second-order valence-electron chi connectivity index (χ2n) is 5.61. The van der Waals surface area contributed by atoms with Gasteiger partial charge in [0.25, 0.3) is 0 Å². The molecule has 17 heavy (non-hydrogen) atoms. The molecule has 4 heteroatoms. The van der Waals surface area contributed by atoms with Crippen LogP contribution in [-0.4, -0.2) is 75.9 Å².